The summed E-state index contributed by atoms with van der Waals surface area (Å²) in [6.07, 6.45) is 1.56. The lowest BCUT2D eigenvalue weighted by Crippen LogP contribution is -2.09. The number of phenols is 2. The zero-order valence-corrected chi connectivity index (χ0v) is 8.65. The fourth-order valence-electron chi connectivity index (χ4n) is 0.916. The average molecular weight is 193 g/mol. The SMILES string of the molecule is CC(C)(C)N=Cc1cccc(O)c1O. The molecule has 76 valence electrons. The van der Waals surface area contributed by atoms with E-state index in [0.717, 1.165) is 0 Å². The van der Waals surface area contributed by atoms with E-state index in [1.54, 1.807) is 18.3 Å². The molecule has 2 N–H and O–H groups in total. The third-order valence-corrected chi connectivity index (χ3v) is 1.64. The number of phenolic OH excluding ortho intramolecular Hbond substituents is 2. The second kappa shape index (κ2) is 3.70. The Balaban J connectivity index is 2.98. The van der Waals surface area contributed by atoms with Gasteiger partial charge in [0.1, 0.15) is 0 Å². The highest BCUT2D eigenvalue weighted by Crippen LogP contribution is 2.27. The van der Waals surface area contributed by atoms with Gasteiger partial charge in [-0.05, 0) is 32.9 Å². The first-order chi connectivity index (χ1) is 6.40. The fraction of sp³-hybridized carbons (Fsp3) is 0.364. The molecule has 3 nitrogen and oxygen atoms in total. The first-order valence-corrected chi connectivity index (χ1v) is 4.46. The molecule has 0 aromatic heterocycles. The van der Waals surface area contributed by atoms with Crippen molar-refractivity contribution in [2.24, 2.45) is 4.99 Å². The molecule has 0 amide bonds. The van der Waals surface area contributed by atoms with Crippen molar-refractivity contribution in [3.05, 3.63) is 23.8 Å². The van der Waals surface area contributed by atoms with E-state index in [4.69, 9.17) is 0 Å². The Bertz CT molecular complexity index is 351. The number of aliphatic imine (C=N–C) groups is 1. The molecule has 1 aromatic rings. The van der Waals surface area contributed by atoms with Crippen LogP contribution in [0.15, 0.2) is 23.2 Å². The first-order valence-electron chi connectivity index (χ1n) is 4.46. The Labute approximate surface area is 83.7 Å². The van der Waals surface area contributed by atoms with Gasteiger partial charge in [-0.2, -0.15) is 0 Å². The molecule has 0 aliphatic rings. The lowest BCUT2D eigenvalue weighted by Gasteiger charge is -2.11. The first kappa shape index (κ1) is 10.6. The summed E-state index contributed by atoms with van der Waals surface area (Å²) >= 11 is 0. The van der Waals surface area contributed by atoms with E-state index < -0.39 is 0 Å². The maximum Gasteiger partial charge on any atom is 0.166 e. The van der Waals surface area contributed by atoms with Crippen molar-refractivity contribution in [3.8, 4) is 11.5 Å². The van der Waals surface area contributed by atoms with Crippen LogP contribution in [0.25, 0.3) is 0 Å². The van der Waals surface area contributed by atoms with Crippen LogP contribution in [0.5, 0.6) is 11.5 Å². The van der Waals surface area contributed by atoms with Gasteiger partial charge in [-0.15, -0.1) is 0 Å². The molecule has 0 aliphatic heterocycles. The largest absolute Gasteiger partial charge is 0.504 e. The normalized spacial score (nSPS) is 12.2. The van der Waals surface area contributed by atoms with Crippen LogP contribution in [0.3, 0.4) is 0 Å². The predicted molar refractivity (Wildman–Crippen MR) is 57.1 cm³/mol. The fourth-order valence-corrected chi connectivity index (χ4v) is 0.916. The average Bonchev–Trinajstić information content (AvgIpc) is 2.06. The molecule has 0 saturated heterocycles. The molecule has 1 rings (SSSR count). The number of hydrogen-bond donors (Lipinski definition) is 2. The van der Waals surface area contributed by atoms with Crippen LogP contribution in [0, 0.1) is 0 Å². The number of hydrogen-bond acceptors (Lipinski definition) is 3. The van der Waals surface area contributed by atoms with Gasteiger partial charge in [0, 0.05) is 11.8 Å². The van der Waals surface area contributed by atoms with E-state index in [-0.39, 0.29) is 17.0 Å². The zero-order chi connectivity index (χ0) is 10.8. The highest BCUT2D eigenvalue weighted by Gasteiger charge is 2.07. The molecule has 14 heavy (non-hydrogen) atoms. The van der Waals surface area contributed by atoms with E-state index >= 15 is 0 Å². The molecule has 0 saturated carbocycles. The van der Waals surface area contributed by atoms with Crippen LogP contribution >= 0.6 is 0 Å². The maximum absolute atomic E-state index is 9.45. The summed E-state index contributed by atoms with van der Waals surface area (Å²) in [5.74, 6) is -0.247. The molecule has 0 radical (unpaired) electrons. The number of benzene rings is 1. The topological polar surface area (TPSA) is 52.8 Å². The molecular formula is C11H15NO2. The molecular weight excluding hydrogens is 178 g/mol. The van der Waals surface area contributed by atoms with Crippen LogP contribution in [-0.4, -0.2) is 22.0 Å². The number of aromatic hydroxyl groups is 2. The summed E-state index contributed by atoms with van der Waals surface area (Å²) in [5, 5.41) is 18.7. The van der Waals surface area contributed by atoms with Gasteiger partial charge >= 0.3 is 0 Å². The minimum Gasteiger partial charge on any atom is -0.504 e. The van der Waals surface area contributed by atoms with Gasteiger partial charge < -0.3 is 10.2 Å². The van der Waals surface area contributed by atoms with Gasteiger partial charge in [0.15, 0.2) is 11.5 Å². The van der Waals surface area contributed by atoms with Crippen molar-refractivity contribution < 1.29 is 10.2 Å². The van der Waals surface area contributed by atoms with Crippen molar-refractivity contribution in [1.29, 1.82) is 0 Å². The van der Waals surface area contributed by atoms with E-state index in [1.165, 1.54) is 6.07 Å². The summed E-state index contributed by atoms with van der Waals surface area (Å²) in [7, 11) is 0. The van der Waals surface area contributed by atoms with Crippen LogP contribution in [0.1, 0.15) is 26.3 Å². The van der Waals surface area contributed by atoms with Crippen molar-refractivity contribution in [1.82, 2.24) is 0 Å². The summed E-state index contributed by atoms with van der Waals surface area (Å²) in [6, 6.07) is 4.80. The lowest BCUT2D eigenvalue weighted by atomic mass is 10.1. The van der Waals surface area contributed by atoms with Crippen molar-refractivity contribution >= 4 is 6.21 Å². The monoisotopic (exact) mass is 193 g/mol. The standard InChI is InChI=1S/C11H15NO2/c1-11(2,3)12-7-8-5-4-6-9(13)10(8)14/h4-7,13-14H,1-3H3. The Hall–Kier alpha value is -1.51. The third-order valence-electron chi connectivity index (χ3n) is 1.64. The molecule has 3 heteroatoms. The van der Waals surface area contributed by atoms with Gasteiger partial charge in [-0.1, -0.05) is 6.07 Å². The van der Waals surface area contributed by atoms with Crippen molar-refractivity contribution in [2.75, 3.05) is 0 Å². The van der Waals surface area contributed by atoms with Crippen LogP contribution in [0.4, 0.5) is 0 Å². The molecule has 0 atom stereocenters. The van der Waals surface area contributed by atoms with Crippen molar-refractivity contribution in [3.63, 3.8) is 0 Å². The highest BCUT2D eigenvalue weighted by molar-refractivity contribution is 5.84. The maximum atomic E-state index is 9.45. The summed E-state index contributed by atoms with van der Waals surface area (Å²) in [5.41, 5.74) is 0.345. The summed E-state index contributed by atoms with van der Waals surface area (Å²) in [4.78, 5) is 4.23. The second-order valence-electron chi connectivity index (χ2n) is 4.14. The van der Waals surface area contributed by atoms with E-state index in [9.17, 15) is 10.2 Å². The third kappa shape index (κ3) is 2.76. The smallest absolute Gasteiger partial charge is 0.166 e. The van der Waals surface area contributed by atoms with Gasteiger partial charge in [-0.25, -0.2) is 0 Å². The number of nitrogens with zero attached hydrogens (tertiary/aromatic N) is 1. The number of rotatable bonds is 1. The van der Waals surface area contributed by atoms with Crippen molar-refractivity contribution in [2.45, 2.75) is 26.3 Å². The van der Waals surface area contributed by atoms with Crippen LogP contribution < -0.4 is 0 Å². The molecule has 0 spiro atoms. The predicted octanol–water partition coefficient (Wildman–Crippen LogP) is 2.32. The van der Waals surface area contributed by atoms with Gasteiger partial charge in [0.05, 0.1) is 5.54 Å². The van der Waals surface area contributed by atoms with E-state index in [2.05, 4.69) is 4.99 Å². The van der Waals surface area contributed by atoms with Crippen LogP contribution in [0.2, 0.25) is 0 Å². The minimum absolute atomic E-state index is 0.122. The molecule has 0 heterocycles. The van der Waals surface area contributed by atoms with Gasteiger partial charge in [0.2, 0.25) is 0 Å². The summed E-state index contributed by atoms with van der Waals surface area (Å²) in [6.45, 7) is 5.88. The summed E-state index contributed by atoms with van der Waals surface area (Å²) < 4.78 is 0. The quantitative estimate of drug-likeness (QED) is 0.531. The molecule has 0 aliphatic carbocycles. The van der Waals surface area contributed by atoms with Gasteiger partial charge in [-0.3, -0.25) is 4.99 Å². The Kier molecular flexibility index (Phi) is 2.79. The van der Waals surface area contributed by atoms with Gasteiger partial charge in [0.25, 0.3) is 0 Å². The van der Waals surface area contributed by atoms with E-state index in [0.29, 0.717) is 5.56 Å². The Morgan fingerprint density at radius 1 is 1.21 bits per heavy atom. The highest BCUT2D eigenvalue weighted by atomic mass is 16.3. The number of para-hydroxylation sites is 1. The Morgan fingerprint density at radius 3 is 2.43 bits per heavy atom. The molecule has 0 fully saturated rings. The van der Waals surface area contributed by atoms with E-state index in [1.807, 2.05) is 20.8 Å². The van der Waals surface area contributed by atoms with Crippen LogP contribution in [-0.2, 0) is 0 Å². The Morgan fingerprint density at radius 2 is 1.86 bits per heavy atom. The molecule has 1 aromatic carbocycles. The molecule has 0 unspecified atom stereocenters. The minimum atomic E-state index is -0.183. The second-order valence-corrected chi connectivity index (χ2v) is 4.14. The lowest BCUT2D eigenvalue weighted by molar-refractivity contribution is 0.403. The zero-order valence-electron chi connectivity index (χ0n) is 8.65. The molecule has 0 bridgehead atoms.